The third-order valence-corrected chi connectivity index (χ3v) is 7.71. The number of benzene rings is 2. The van der Waals surface area contributed by atoms with Gasteiger partial charge in [-0.1, -0.05) is 12.1 Å². The number of halogens is 6. The molecule has 0 saturated carbocycles. The highest BCUT2D eigenvalue weighted by Crippen LogP contribution is 2.39. The minimum atomic E-state index is -5.06. The van der Waals surface area contributed by atoms with Gasteiger partial charge in [-0.15, -0.1) is 0 Å². The van der Waals surface area contributed by atoms with Crippen LogP contribution in [0.25, 0.3) is 22.4 Å². The number of alkyl halides is 6. The quantitative estimate of drug-likeness (QED) is 0.103. The van der Waals surface area contributed by atoms with Crippen LogP contribution >= 0.6 is 0 Å². The second-order valence-corrected chi connectivity index (χ2v) is 11.1. The van der Waals surface area contributed by atoms with E-state index in [0.717, 1.165) is 20.4 Å². The Kier molecular flexibility index (Phi) is 10.1. The van der Waals surface area contributed by atoms with E-state index in [4.69, 9.17) is 9.47 Å². The number of fused-ring (bicyclic) bond motifs is 1. The summed E-state index contributed by atoms with van der Waals surface area (Å²) in [5, 5.41) is 0. The lowest BCUT2D eigenvalue weighted by Crippen LogP contribution is -2.41. The van der Waals surface area contributed by atoms with Crippen molar-refractivity contribution < 1.29 is 45.4 Å². The Morgan fingerprint density at radius 2 is 1.60 bits per heavy atom. The lowest BCUT2D eigenvalue weighted by atomic mass is 9.74. The molecule has 2 heterocycles. The van der Waals surface area contributed by atoms with Gasteiger partial charge in [0.2, 0.25) is 0 Å². The molecule has 0 spiro atoms. The number of hydrogen-bond donors (Lipinski definition) is 0. The molecule has 0 N–H and O–H groups in total. The lowest BCUT2D eigenvalue weighted by molar-refractivity contribution is -0.149. The first kappa shape index (κ1) is 35.0. The highest BCUT2D eigenvalue weighted by atomic mass is 19.4. The molecule has 250 valence electrons. The van der Waals surface area contributed by atoms with Gasteiger partial charge >= 0.3 is 24.3 Å². The summed E-state index contributed by atoms with van der Waals surface area (Å²) in [6, 6.07) is 6.22. The number of nitrogens with zero attached hydrogens (tertiary/aromatic N) is 5. The van der Waals surface area contributed by atoms with Gasteiger partial charge in [-0.05, 0) is 68.1 Å². The van der Waals surface area contributed by atoms with Gasteiger partial charge in [0, 0.05) is 24.2 Å². The maximum absolute atomic E-state index is 13.7. The van der Waals surface area contributed by atoms with Gasteiger partial charge < -0.3 is 14.0 Å². The zero-order valence-corrected chi connectivity index (χ0v) is 26.0. The maximum atomic E-state index is 13.7. The van der Waals surface area contributed by atoms with Crippen molar-refractivity contribution in [1.82, 2.24) is 19.5 Å². The second kappa shape index (κ2) is 13.5. The Morgan fingerprint density at radius 3 is 2.17 bits per heavy atom. The number of carbonyl (C=O) groups excluding carboxylic acids is 2. The van der Waals surface area contributed by atoms with E-state index in [1.807, 2.05) is 18.4 Å². The summed E-state index contributed by atoms with van der Waals surface area (Å²) in [4.78, 5) is 43.4. The van der Waals surface area contributed by atoms with Gasteiger partial charge in [-0.25, -0.2) is 15.0 Å². The van der Waals surface area contributed by atoms with Gasteiger partial charge in [0.15, 0.2) is 5.65 Å². The lowest BCUT2D eigenvalue weighted by Gasteiger charge is -2.31. The van der Waals surface area contributed by atoms with E-state index >= 15 is 0 Å². The van der Waals surface area contributed by atoms with Gasteiger partial charge in [-0.2, -0.15) is 26.3 Å². The minimum Gasteiger partial charge on any atom is -0.469 e. The molecule has 1 atom stereocenters. The Hall–Kier alpha value is -4.82. The maximum Gasteiger partial charge on any atom is 0.416 e. The fraction of sp³-hybridized carbons (Fsp3) is 0.375. The average molecular weight is 664 g/mol. The molecular weight excluding hydrogens is 632 g/mol. The fourth-order valence-electron chi connectivity index (χ4n) is 5.27. The largest absolute Gasteiger partial charge is 0.469 e. The van der Waals surface area contributed by atoms with Gasteiger partial charge in [0.25, 0.3) is 0 Å². The van der Waals surface area contributed by atoms with E-state index < -0.39 is 52.9 Å². The Morgan fingerprint density at radius 1 is 0.936 bits per heavy atom. The average Bonchev–Trinajstić information content (AvgIpc) is 3.46. The van der Waals surface area contributed by atoms with Crippen molar-refractivity contribution >= 4 is 29.3 Å². The molecule has 2 aromatic carbocycles. The summed E-state index contributed by atoms with van der Waals surface area (Å²) in [7, 11) is 2.28. The van der Waals surface area contributed by atoms with Crippen LogP contribution in [0.15, 0.2) is 54.0 Å². The van der Waals surface area contributed by atoms with Crippen LogP contribution in [0, 0.1) is 6.92 Å². The van der Waals surface area contributed by atoms with Crippen molar-refractivity contribution in [3.63, 3.8) is 0 Å². The molecule has 0 fully saturated rings. The van der Waals surface area contributed by atoms with E-state index in [9.17, 15) is 35.9 Å². The van der Waals surface area contributed by atoms with Crippen molar-refractivity contribution in [2.45, 2.75) is 57.4 Å². The fourth-order valence-corrected chi connectivity index (χ4v) is 5.27. The molecule has 0 aliphatic carbocycles. The van der Waals surface area contributed by atoms with Crippen LogP contribution in [0.3, 0.4) is 0 Å². The number of carbonyl (C=O) groups is 2. The molecule has 4 rings (SSSR count). The second-order valence-electron chi connectivity index (χ2n) is 11.1. The Labute approximate surface area is 265 Å². The molecule has 1 unspecified atom stereocenters. The third-order valence-electron chi connectivity index (χ3n) is 7.71. The molecule has 47 heavy (non-hydrogen) atoms. The number of rotatable bonds is 10. The first-order valence-electron chi connectivity index (χ1n) is 14.3. The van der Waals surface area contributed by atoms with Crippen LogP contribution in [-0.2, 0) is 36.8 Å². The first-order valence-corrected chi connectivity index (χ1v) is 14.3. The zero-order chi connectivity index (χ0) is 34.7. The van der Waals surface area contributed by atoms with Crippen LogP contribution in [0.5, 0.6) is 0 Å². The van der Waals surface area contributed by atoms with Crippen molar-refractivity contribution in [3.8, 4) is 11.3 Å². The smallest absolute Gasteiger partial charge is 0.416 e. The number of hydrogen-bond acceptors (Lipinski definition) is 8. The van der Waals surface area contributed by atoms with E-state index in [0.29, 0.717) is 45.7 Å². The van der Waals surface area contributed by atoms with E-state index in [-0.39, 0.29) is 24.9 Å². The highest BCUT2D eigenvalue weighted by Gasteiger charge is 2.43. The summed E-state index contributed by atoms with van der Waals surface area (Å²) in [5.41, 5.74) is -2.32. The molecule has 0 saturated heterocycles. The van der Waals surface area contributed by atoms with Crippen LogP contribution in [0.1, 0.15) is 60.5 Å². The van der Waals surface area contributed by atoms with Crippen molar-refractivity contribution in [2.24, 2.45) is 4.99 Å². The van der Waals surface area contributed by atoms with Crippen LogP contribution in [0.4, 0.5) is 26.3 Å². The molecule has 0 aliphatic heterocycles. The Balaban J connectivity index is 1.88. The molecule has 0 aliphatic rings. The molecule has 15 heteroatoms. The summed E-state index contributed by atoms with van der Waals surface area (Å²) in [5.74, 6) is -1.50. The third kappa shape index (κ3) is 7.44. The van der Waals surface area contributed by atoms with Crippen molar-refractivity contribution in [1.29, 1.82) is 0 Å². The number of imidazole rings is 1. The zero-order valence-electron chi connectivity index (χ0n) is 26.0. The SMILES string of the molecule is COC(=O)CCC(CN=Cc1cc(C(F)(F)F)cc(C(F)(F)F)c1)(C(=O)OC)c1cc(-c2ncnc3c2ncn3C(C)C)ccc1C. The number of ether oxygens (including phenoxy) is 2. The van der Waals surface area contributed by atoms with E-state index in [1.54, 1.807) is 31.5 Å². The van der Waals surface area contributed by atoms with E-state index in [2.05, 4.69) is 19.9 Å². The van der Waals surface area contributed by atoms with Gasteiger partial charge in [0.1, 0.15) is 23.0 Å². The van der Waals surface area contributed by atoms with Crippen LogP contribution in [0.2, 0.25) is 0 Å². The standard InChI is InChI=1S/C32H31F6N5O4/c1-18(2)43-17-42-27-26(40-16-41-28(27)43)21-7-6-19(3)24(12-21)30(29(45)47-5,9-8-25(44)46-4)15-39-14-20-10-22(31(33,34)35)13-23(11-20)32(36,37)38/h6-7,10-14,16-18H,8-9,15H2,1-5H3. The van der Waals surface area contributed by atoms with Gasteiger partial charge in [0.05, 0.1) is 38.2 Å². The number of methoxy groups -OCH3 is 2. The summed E-state index contributed by atoms with van der Waals surface area (Å²) in [6.07, 6.45) is -6.80. The Bertz CT molecular complexity index is 1780. The minimum absolute atomic E-state index is 0.00955. The molecule has 9 nitrogen and oxygen atoms in total. The summed E-state index contributed by atoms with van der Waals surface area (Å²) < 4.78 is 92.6. The predicted octanol–water partition coefficient (Wildman–Crippen LogP) is 6.90. The summed E-state index contributed by atoms with van der Waals surface area (Å²) >= 11 is 0. The molecule has 0 radical (unpaired) electrons. The van der Waals surface area contributed by atoms with Gasteiger partial charge in [-0.3, -0.25) is 14.6 Å². The number of aromatic nitrogens is 4. The monoisotopic (exact) mass is 663 g/mol. The summed E-state index contributed by atoms with van der Waals surface area (Å²) in [6.45, 7) is 5.12. The number of aliphatic imine (C=N–C) groups is 1. The molecule has 2 aromatic heterocycles. The van der Waals surface area contributed by atoms with Crippen LogP contribution < -0.4 is 0 Å². The topological polar surface area (TPSA) is 109 Å². The number of esters is 2. The van der Waals surface area contributed by atoms with Crippen LogP contribution in [-0.4, -0.2) is 58.4 Å². The van der Waals surface area contributed by atoms with Crippen molar-refractivity contribution in [2.75, 3.05) is 20.8 Å². The van der Waals surface area contributed by atoms with Crippen molar-refractivity contribution in [3.05, 3.63) is 76.9 Å². The molecule has 0 bridgehead atoms. The predicted molar refractivity (Wildman–Crippen MR) is 160 cm³/mol. The normalized spacial score (nSPS) is 13.7. The molecule has 4 aromatic rings. The number of aryl methyl sites for hydroxylation is 1. The van der Waals surface area contributed by atoms with E-state index in [1.165, 1.54) is 6.33 Å². The molecule has 0 amide bonds. The molecular formula is C32H31F6N5O4. The first-order chi connectivity index (χ1) is 22.0. The highest BCUT2D eigenvalue weighted by molar-refractivity contribution is 5.90.